The van der Waals surface area contributed by atoms with Crippen LogP contribution in [0, 0.1) is 0 Å². The van der Waals surface area contributed by atoms with Gasteiger partial charge in [0.1, 0.15) is 0 Å². The van der Waals surface area contributed by atoms with E-state index in [-0.39, 0.29) is 0 Å². The van der Waals surface area contributed by atoms with Gasteiger partial charge in [0.2, 0.25) is 0 Å². The van der Waals surface area contributed by atoms with Crippen molar-refractivity contribution in [2.24, 2.45) is 0 Å². The van der Waals surface area contributed by atoms with Gasteiger partial charge >= 0.3 is 7.12 Å². The third kappa shape index (κ3) is 36.3. The Morgan fingerprint density at radius 3 is 0.908 bits per heavy atom. The zero-order chi connectivity index (χ0) is 70.8. The van der Waals surface area contributed by atoms with Crippen molar-refractivity contribution in [3.8, 4) is 33.4 Å². The van der Waals surface area contributed by atoms with Crippen molar-refractivity contribution in [2.45, 2.75) is 363 Å². The van der Waals surface area contributed by atoms with E-state index in [1.807, 2.05) is 12.1 Å². The molecule has 6 aromatic rings. The Labute approximate surface area is 629 Å². The van der Waals surface area contributed by atoms with Gasteiger partial charge in [0.25, 0.3) is 0 Å². The molecule has 0 aliphatic heterocycles. The minimum absolute atomic E-state index is 0.517. The molecule has 0 amide bonds. The quantitative estimate of drug-likeness (QED) is 0.0295. The molecule has 0 radical (unpaired) electrons. The fourth-order valence-electron chi connectivity index (χ4n) is 14.0. The zero-order valence-corrected chi connectivity index (χ0v) is 68.8. The highest BCUT2D eigenvalue weighted by molar-refractivity contribution is 9.11. The second-order valence-corrected chi connectivity index (χ2v) is 32.1. The third-order valence-electron chi connectivity index (χ3n) is 20.8. The highest BCUT2D eigenvalue weighted by Crippen LogP contribution is 2.41. The molecule has 0 aromatic heterocycles. The molecule has 2 N–H and O–H groups in total. The Morgan fingerprint density at radius 1 is 0.276 bits per heavy atom. The van der Waals surface area contributed by atoms with Gasteiger partial charge in [0.15, 0.2) is 0 Å². The molecule has 98 heavy (non-hydrogen) atoms. The Hall–Kier alpha value is -3.26. The zero-order valence-electron chi connectivity index (χ0n) is 64.0. The molecule has 6 aromatic carbocycles. The van der Waals surface area contributed by atoms with E-state index in [9.17, 15) is 0 Å². The van der Waals surface area contributed by atoms with Crippen LogP contribution in [0.1, 0.15) is 377 Å². The summed E-state index contributed by atoms with van der Waals surface area (Å²) in [5.41, 5.74) is 17.0. The average molecular weight is 1530 g/mol. The largest absolute Gasteiger partial charge is 0.488 e. The summed E-state index contributed by atoms with van der Waals surface area (Å²) in [6.45, 7) is 21.0. The second kappa shape index (κ2) is 55.3. The smallest absolute Gasteiger partial charge is 0.423 e. The number of unbranched alkanes of at least 4 members (excludes halogenated alkanes) is 32. The third-order valence-corrected chi connectivity index (χ3v) is 22.9. The topological polar surface area (TPSA) is 40.5 Å². The number of halogens is 3. The van der Waals surface area contributed by atoms with Crippen LogP contribution < -0.4 is 5.46 Å². The molecule has 0 aliphatic rings. The summed E-state index contributed by atoms with van der Waals surface area (Å²) in [6.07, 6.45) is 59.7. The van der Waals surface area contributed by atoms with Crippen molar-refractivity contribution in [3.63, 3.8) is 0 Å². The van der Waals surface area contributed by atoms with Crippen LogP contribution in [-0.4, -0.2) is 17.2 Å². The highest BCUT2D eigenvalue weighted by atomic mass is 79.9. The predicted octanol–water partition coefficient (Wildman–Crippen LogP) is 31.1. The minimum atomic E-state index is -1.40. The summed E-state index contributed by atoms with van der Waals surface area (Å²) in [5, 5.41) is 18.1. The Balaban J connectivity index is 0.000000343. The van der Waals surface area contributed by atoms with Gasteiger partial charge < -0.3 is 10.0 Å². The highest BCUT2D eigenvalue weighted by Gasteiger charge is 2.20. The van der Waals surface area contributed by atoms with Crippen molar-refractivity contribution < 1.29 is 10.0 Å². The van der Waals surface area contributed by atoms with Crippen molar-refractivity contribution in [1.82, 2.24) is 0 Å². The molecule has 0 heterocycles. The lowest BCUT2D eigenvalue weighted by atomic mass is 9.80. The first-order valence-corrected chi connectivity index (χ1v) is 43.2. The first-order chi connectivity index (χ1) is 47.8. The van der Waals surface area contributed by atoms with E-state index in [2.05, 4.69) is 207 Å². The molecule has 0 saturated carbocycles. The molecule has 0 saturated heterocycles. The van der Waals surface area contributed by atoms with E-state index in [0.717, 1.165) is 17.5 Å². The molecular weight excluding hydrogens is 1390 g/mol. The van der Waals surface area contributed by atoms with Gasteiger partial charge in [-0.15, -0.1) is 0 Å². The molecule has 0 fully saturated rings. The van der Waals surface area contributed by atoms with Crippen molar-refractivity contribution in [2.75, 3.05) is 0 Å². The van der Waals surface area contributed by atoms with E-state index in [0.29, 0.717) is 23.2 Å². The standard InChI is InChI=1S/C46H69Br.C30H52Br2.C16H19BO2/c1-6-9-12-14-16-18-20-22-24-37(4)43-36-46(47)44(38(5)25-23-21-19-17-15-13-10-7-2)35-45(43)42-33-31-41(32-34-42)40-29-27-39(28-30-40)26-11-8-3;1-4-6-8-10-12-14-15-17-19-21-23-27-24-30(32)28(25-29(27)31)26(3)22-20-18-16-13-11-9-7-5-2;1-2-3-4-13-5-7-14(8-6-13)15-9-11-16(12-10-15)17(18)19/h27-38H,6-26H2,1-5H3;24-26H,4-23H2,1-3H3;5-12,18-19H,2-4H2,1H3. The number of aryl methyl sites for hydroxylation is 3. The minimum Gasteiger partial charge on any atom is -0.423 e. The monoisotopic (exact) mass is 1520 g/mol. The average Bonchev–Trinajstić information content (AvgIpc) is 0.797. The van der Waals surface area contributed by atoms with Gasteiger partial charge in [0.05, 0.1) is 0 Å². The molecule has 6 heteroatoms. The first-order valence-electron chi connectivity index (χ1n) is 40.8. The molecular formula is C92H140BBr3O2. The van der Waals surface area contributed by atoms with Crippen molar-refractivity contribution in [1.29, 1.82) is 0 Å². The number of rotatable bonds is 51. The van der Waals surface area contributed by atoms with E-state index in [4.69, 9.17) is 10.0 Å². The van der Waals surface area contributed by atoms with E-state index >= 15 is 0 Å². The van der Waals surface area contributed by atoms with Crippen molar-refractivity contribution in [3.05, 3.63) is 168 Å². The van der Waals surface area contributed by atoms with Crippen LogP contribution in [0.3, 0.4) is 0 Å². The van der Waals surface area contributed by atoms with Crippen LogP contribution in [0.5, 0.6) is 0 Å². The lowest BCUT2D eigenvalue weighted by Gasteiger charge is -2.22. The lowest BCUT2D eigenvalue weighted by Crippen LogP contribution is -2.29. The second-order valence-electron chi connectivity index (χ2n) is 29.5. The van der Waals surface area contributed by atoms with Crippen LogP contribution in [0.15, 0.2) is 135 Å². The van der Waals surface area contributed by atoms with Gasteiger partial charge in [-0.3, -0.25) is 0 Å². The number of benzene rings is 6. The van der Waals surface area contributed by atoms with Gasteiger partial charge in [-0.2, -0.15) is 0 Å². The van der Waals surface area contributed by atoms with Gasteiger partial charge in [-0.05, 0) is 172 Å². The molecule has 3 unspecified atom stereocenters. The summed E-state index contributed by atoms with van der Waals surface area (Å²) in [6, 6.07) is 44.4. The van der Waals surface area contributed by atoms with E-state index < -0.39 is 7.12 Å². The summed E-state index contributed by atoms with van der Waals surface area (Å²) in [7, 11) is -1.40. The Bertz CT molecular complexity index is 2900. The fourth-order valence-corrected chi connectivity index (χ4v) is 16.1. The maximum atomic E-state index is 9.06. The van der Waals surface area contributed by atoms with Gasteiger partial charge in [-0.25, -0.2) is 0 Å². The van der Waals surface area contributed by atoms with Crippen LogP contribution in [0.25, 0.3) is 33.4 Å². The molecule has 0 spiro atoms. The van der Waals surface area contributed by atoms with Crippen LogP contribution in [0.2, 0.25) is 0 Å². The van der Waals surface area contributed by atoms with Crippen LogP contribution >= 0.6 is 47.8 Å². The summed E-state index contributed by atoms with van der Waals surface area (Å²) in [5.74, 6) is 1.74. The van der Waals surface area contributed by atoms with Gasteiger partial charge in [0, 0.05) is 13.4 Å². The molecule has 0 bridgehead atoms. The SMILES string of the molecule is CCCCCCCCCCC(C)c1cc(-c2ccc(-c3ccc(CCCC)cc3)cc2)c(C(C)CCCCCCCCCC)cc1Br.CCCCCCCCCCCCc1cc(Br)c(C(C)CCCCCCCCCC)cc1Br.CCCCc1ccc(-c2ccc(B(O)O)cc2)cc1. The maximum absolute atomic E-state index is 9.06. The molecule has 0 aliphatic carbocycles. The van der Waals surface area contributed by atoms with Crippen LogP contribution in [0.4, 0.5) is 0 Å². The lowest BCUT2D eigenvalue weighted by molar-refractivity contribution is 0.426. The van der Waals surface area contributed by atoms with Crippen molar-refractivity contribution >= 4 is 60.4 Å². The van der Waals surface area contributed by atoms with Gasteiger partial charge in [-0.1, -0.05) is 432 Å². The Morgan fingerprint density at radius 2 is 0.551 bits per heavy atom. The van der Waals surface area contributed by atoms with E-state index in [1.165, 1.54) is 345 Å². The number of hydrogen-bond donors (Lipinski definition) is 2. The normalized spacial score (nSPS) is 12.2. The summed E-state index contributed by atoms with van der Waals surface area (Å²) >= 11 is 11.8. The number of hydrogen-bond acceptors (Lipinski definition) is 2. The molecule has 544 valence electrons. The maximum Gasteiger partial charge on any atom is 0.488 e. The fraction of sp³-hybridized carbons (Fsp3) is 0.609. The predicted molar refractivity (Wildman–Crippen MR) is 448 cm³/mol. The Kier molecular flexibility index (Phi) is 49.2. The summed E-state index contributed by atoms with van der Waals surface area (Å²) < 4.78 is 3.94. The molecule has 6 rings (SSSR count). The van der Waals surface area contributed by atoms with Crippen LogP contribution in [-0.2, 0) is 19.3 Å². The van der Waals surface area contributed by atoms with E-state index in [1.54, 1.807) is 12.1 Å². The summed E-state index contributed by atoms with van der Waals surface area (Å²) in [4.78, 5) is 0. The molecule has 2 nitrogen and oxygen atoms in total. The first kappa shape index (κ1) is 87.1. The molecule has 3 atom stereocenters.